The van der Waals surface area contributed by atoms with Crippen LogP contribution < -0.4 is 5.32 Å². The first kappa shape index (κ1) is 12.9. The molecule has 1 aliphatic rings. The van der Waals surface area contributed by atoms with Crippen LogP contribution in [0.5, 0.6) is 0 Å². The first-order chi connectivity index (χ1) is 7.22. The minimum Gasteiger partial charge on any atom is -0.392 e. The first-order valence-electron chi connectivity index (χ1n) is 6.36. The number of aliphatic hydroxyl groups excluding tert-OH is 1. The average molecular weight is 214 g/mol. The van der Waals surface area contributed by atoms with Crippen molar-refractivity contribution in [3.63, 3.8) is 0 Å². The fourth-order valence-corrected chi connectivity index (χ4v) is 2.08. The number of rotatable bonds is 6. The Balaban J connectivity index is 2.08. The maximum atomic E-state index is 9.44. The molecule has 1 heterocycles. The summed E-state index contributed by atoms with van der Waals surface area (Å²) in [6.45, 7) is 8.57. The lowest BCUT2D eigenvalue weighted by Gasteiger charge is -2.29. The van der Waals surface area contributed by atoms with Gasteiger partial charge in [-0.3, -0.25) is 0 Å². The number of nitrogens with zero attached hydrogens (tertiary/aromatic N) is 1. The van der Waals surface area contributed by atoms with Crippen molar-refractivity contribution in [1.29, 1.82) is 0 Å². The van der Waals surface area contributed by atoms with Gasteiger partial charge in [-0.2, -0.15) is 0 Å². The van der Waals surface area contributed by atoms with Gasteiger partial charge in [0.15, 0.2) is 0 Å². The van der Waals surface area contributed by atoms with Crippen LogP contribution in [0.15, 0.2) is 0 Å². The molecular weight excluding hydrogens is 188 g/mol. The van der Waals surface area contributed by atoms with Gasteiger partial charge in [0, 0.05) is 19.1 Å². The van der Waals surface area contributed by atoms with Crippen LogP contribution in [0.4, 0.5) is 0 Å². The molecular formula is C12H26N2O. The van der Waals surface area contributed by atoms with E-state index in [0.29, 0.717) is 6.04 Å². The Labute approximate surface area is 93.9 Å². The highest BCUT2D eigenvalue weighted by atomic mass is 16.3. The summed E-state index contributed by atoms with van der Waals surface area (Å²) in [5, 5.41) is 12.8. The van der Waals surface area contributed by atoms with Gasteiger partial charge in [0.2, 0.25) is 0 Å². The molecule has 2 unspecified atom stereocenters. The minimum absolute atomic E-state index is 0.186. The molecule has 3 nitrogen and oxygen atoms in total. The predicted octanol–water partition coefficient (Wildman–Crippen LogP) is 1.22. The molecule has 0 radical (unpaired) electrons. The summed E-state index contributed by atoms with van der Waals surface area (Å²) >= 11 is 0. The van der Waals surface area contributed by atoms with E-state index >= 15 is 0 Å². The number of likely N-dealkylation sites (tertiary alicyclic amines) is 1. The Kier molecular flexibility index (Phi) is 6.22. The summed E-state index contributed by atoms with van der Waals surface area (Å²) < 4.78 is 0. The van der Waals surface area contributed by atoms with Gasteiger partial charge in [-0.15, -0.1) is 0 Å². The van der Waals surface area contributed by atoms with Gasteiger partial charge in [-0.25, -0.2) is 0 Å². The highest BCUT2D eigenvalue weighted by Crippen LogP contribution is 2.08. The molecule has 0 aromatic carbocycles. The zero-order chi connectivity index (χ0) is 11.1. The summed E-state index contributed by atoms with van der Waals surface area (Å²) in [6, 6.07) is 0.490. The maximum absolute atomic E-state index is 9.44. The van der Waals surface area contributed by atoms with Gasteiger partial charge in [-0.05, 0) is 39.3 Å². The standard InChI is InChI=1S/C12H26N2O/c1-3-12(15)9-13-11(2)10-14-7-5-4-6-8-14/h11-13,15H,3-10H2,1-2H3. The second-order valence-electron chi connectivity index (χ2n) is 4.73. The van der Waals surface area contributed by atoms with Crippen LogP contribution in [-0.2, 0) is 0 Å². The van der Waals surface area contributed by atoms with Crippen molar-refractivity contribution in [3.05, 3.63) is 0 Å². The average Bonchev–Trinajstić information content (AvgIpc) is 2.27. The quantitative estimate of drug-likeness (QED) is 0.698. The Morgan fingerprint density at radius 1 is 1.27 bits per heavy atom. The zero-order valence-corrected chi connectivity index (χ0v) is 10.2. The summed E-state index contributed by atoms with van der Waals surface area (Å²) in [4.78, 5) is 2.53. The van der Waals surface area contributed by atoms with Crippen LogP contribution >= 0.6 is 0 Å². The van der Waals surface area contributed by atoms with Crippen molar-refractivity contribution < 1.29 is 5.11 Å². The lowest BCUT2D eigenvalue weighted by Crippen LogP contribution is -2.43. The summed E-state index contributed by atoms with van der Waals surface area (Å²) in [5.41, 5.74) is 0. The summed E-state index contributed by atoms with van der Waals surface area (Å²) in [6.07, 6.45) is 4.75. The number of aliphatic hydroxyl groups is 1. The second kappa shape index (κ2) is 7.20. The molecule has 1 saturated heterocycles. The molecule has 1 rings (SSSR count). The topological polar surface area (TPSA) is 35.5 Å². The normalized spacial score (nSPS) is 22.6. The monoisotopic (exact) mass is 214 g/mol. The molecule has 0 spiro atoms. The molecule has 90 valence electrons. The Hall–Kier alpha value is -0.120. The lowest BCUT2D eigenvalue weighted by atomic mass is 10.1. The first-order valence-corrected chi connectivity index (χ1v) is 6.36. The van der Waals surface area contributed by atoms with E-state index in [1.807, 2.05) is 6.92 Å². The lowest BCUT2D eigenvalue weighted by molar-refractivity contribution is 0.154. The SMILES string of the molecule is CCC(O)CNC(C)CN1CCCCC1. The van der Waals surface area contributed by atoms with Gasteiger partial charge in [0.1, 0.15) is 0 Å². The minimum atomic E-state index is -0.186. The van der Waals surface area contributed by atoms with E-state index in [9.17, 15) is 5.11 Å². The van der Waals surface area contributed by atoms with E-state index in [1.54, 1.807) is 0 Å². The van der Waals surface area contributed by atoms with E-state index in [2.05, 4.69) is 17.1 Å². The van der Waals surface area contributed by atoms with Crippen LogP contribution in [0.25, 0.3) is 0 Å². The van der Waals surface area contributed by atoms with Gasteiger partial charge in [0.25, 0.3) is 0 Å². The fraction of sp³-hybridized carbons (Fsp3) is 1.00. The zero-order valence-electron chi connectivity index (χ0n) is 10.2. The molecule has 2 atom stereocenters. The largest absolute Gasteiger partial charge is 0.392 e. The third-order valence-electron chi connectivity index (χ3n) is 3.15. The van der Waals surface area contributed by atoms with Gasteiger partial charge < -0.3 is 15.3 Å². The molecule has 2 N–H and O–H groups in total. The van der Waals surface area contributed by atoms with E-state index in [-0.39, 0.29) is 6.10 Å². The van der Waals surface area contributed by atoms with E-state index in [1.165, 1.54) is 32.4 Å². The molecule has 15 heavy (non-hydrogen) atoms. The van der Waals surface area contributed by atoms with Crippen LogP contribution in [0.1, 0.15) is 39.5 Å². The van der Waals surface area contributed by atoms with Crippen molar-refractivity contribution in [2.75, 3.05) is 26.2 Å². The number of hydrogen-bond acceptors (Lipinski definition) is 3. The van der Waals surface area contributed by atoms with E-state index in [0.717, 1.165) is 19.5 Å². The fourth-order valence-electron chi connectivity index (χ4n) is 2.08. The third kappa shape index (κ3) is 5.50. The van der Waals surface area contributed by atoms with Crippen molar-refractivity contribution in [1.82, 2.24) is 10.2 Å². The van der Waals surface area contributed by atoms with Gasteiger partial charge in [-0.1, -0.05) is 13.3 Å². The molecule has 0 aliphatic carbocycles. The molecule has 3 heteroatoms. The molecule has 0 saturated carbocycles. The Bertz CT molecular complexity index is 158. The van der Waals surface area contributed by atoms with Crippen LogP contribution in [0.3, 0.4) is 0 Å². The van der Waals surface area contributed by atoms with Crippen molar-refractivity contribution >= 4 is 0 Å². The maximum Gasteiger partial charge on any atom is 0.0662 e. The number of hydrogen-bond donors (Lipinski definition) is 2. The molecule has 1 aliphatic heterocycles. The summed E-state index contributed by atoms with van der Waals surface area (Å²) in [7, 11) is 0. The van der Waals surface area contributed by atoms with Crippen LogP contribution in [-0.4, -0.2) is 48.3 Å². The molecule has 0 aromatic heterocycles. The highest BCUT2D eigenvalue weighted by molar-refractivity contribution is 4.72. The van der Waals surface area contributed by atoms with Gasteiger partial charge in [0.05, 0.1) is 6.10 Å². The molecule has 0 amide bonds. The highest BCUT2D eigenvalue weighted by Gasteiger charge is 2.13. The predicted molar refractivity (Wildman–Crippen MR) is 64.1 cm³/mol. The van der Waals surface area contributed by atoms with Crippen molar-refractivity contribution in [3.8, 4) is 0 Å². The third-order valence-corrected chi connectivity index (χ3v) is 3.15. The Morgan fingerprint density at radius 2 is 1.93 bits per heavy atom. The smallest absolute Gasteiger partial charge is 0.0662 e. The van der Waals surface area contributed by atoms with E-state index in [4.69, 9.17) is 0 Å². The molecule has 1 fully saturated rings. The molecule has 0 bridgehead atoms. The Morgan fingerprint density at radius 3 is 2.53 bits per heavy atom. The molecule has 0 aromatic rings. The van der Waals surface area contributed by atoms with Crippen molar-refractivity contribution in [2.24, 2.45) is 0 Å². The number of piperidine rings is 1. The van der Waals surface area contributed by atoms with Crippen molar-refractivity contribution in [2.45, 2.75) is 51.7 Å². The van der Waals surface area contributed by atoms with Gasteiger partial charge >= 0.3 is 0 Å². The van der Waals surface area contributed by atoms with Crippen LogP contribution in [0, 0.1) is 0 Å². The number of nitrogens with one attached hydrogen (secondary N) is 1. The summed E-state index contributed by atoms with van der Waals surface area (Å²) in [5.74, 6) is 0. The van der Waals surface area contributed by atoms with E-state index < -0.39 is 0 Å². The van der Waals surface area contributed by atoms with Crippen LogP contribution in [0.2, 0.25) is 0 Å². The second-order valence-corrected chi connectivity index (χ2v) is 4.73.